The Morgan fingerprint density at radius 2 is 1.79 bits per heavy atom. The smallest absolute Gasteiger partial charge is 0.268 e. The highest BCUT2D eigenvalue weighted by atomic mass is 32.2. The lowest BCUT2D eigenvalue weighted by Gasteiger charge is -2.16. The van der Waals surface area contributed by atoms with E-state index in [9.17, 15) is 22.4 Å². The van der Waals surface area contributed by atoms with Crippen molar-refractivity contribution in [2.24, 2.45) is 0 Å². The van der Waals surface area contributed by atoms with Gasteiger partial charge in [-0.2, -0.15) is 0 Å². The van der Waals surface area contributed by atoms with Crippen LogP contribution in [0, 0.1) is 5.82 Å². The van der Waals surface area contributed by atoms with E-state index in [1.807, 2.05) is 0 Å². The fourth-order valence-corrected chi connectivity index (χ4v) is 4.75. The number of benzene rings is 2. The molecule has 7 nitrogen and oxygen atoms in total. The highest BCUT2D eigenvalue weighted by Crippen LogP contribution is 2.35. The zero-order chi connectivity index (χ0) is 21.2. The lowest BCUT2D eigenvalue weighted by Crippen LogP contribution is -2.40. The quantitative estimate of drug-likeness (QED) is 0.775. The number of halogens is 1. The van der Waals surface area contributed by atoms with Gasteiger partial charge in [0.05, 0.1) is 7.11 Å². The van der Waals surface area contributed by atoms with Crippen LogP contribution in [0.25, 0.3) is 4.91 Å². The number of nitrogens with zero attached hydrogens (tertiary/aromatic N) is 1. The summed E-state index contributed by atoms with van der Waals surface area (Å²) in [5.41, 5.74) is 0.604. The van der Waals surface area contributed by atoms with Gasteiger partial charge in [-0.15, -0.1) is 0 Å². The maximum absolute atomic E-state index is 13.6. The number of carbonyl (C=O) groups is 2. The molecule has 0 bridgehead atoms. The highest BCUT2D eigenvalue weighted by molar-refractivity contribution is 7.99. The molecule has 1 N–H and O–H groups in total. The van der Waals surface area contributed by atoms with Crippen molar-refractivity contribution in [2.75, 3.05) is 13.7 Å². The summed E-state index contributed by atoms with van der Waals surface area (Å²) in [6.07, 6.45) is 0. The van der Waals surface area contributed by atoms with Gasteiger partial charge in [-0.05, 0) is 42.8 Å². The number of sulfonamides is 1. The maximum atomic E-state index is 13.6. The molecular formula is C20H19FN2O5S. The summed E-state index contributed by atoms with van der Waals surface area (Å²) in [5, 5.41) is 2.44. The first-order chi connectivity index (χ1) is 13.8. The fourth-order valence-electron chi connectivity index (χ4n) is 2.98. The highest BCUT2D eigenvalue weighted by Gasteiger charge is 2.43. The number of amides is 2. The molecule has 2 aromatic rings. The zero-order valence-corrected chi connectivity index (χ0v) is 16.6. The minimum absolute atomic E-state index is 0.0251. The summed E-state index contributed by atoms with van der Waals surface area (Å²) in [5.74, 6) is -1.43. The lowest BCUT2D eigenvalue weighted by molar-refractivity contribution is -0.128. The van der Waals surface area contributed by atoms with Gasteiger partial charge in [0.25, 0.3) is 15.9 Å². The van der Waals surface area contributed by atoms with Crippen molar-refractivity contribution in [2.45, 2.75) is 13.5 Å². The molecule has 0 saturated heterocycles. The van der Waals surface area contributed by atoms with E-state index in [-0.39, 0.29) is 22.6 Å². The van der Waals surface area contributed by atoms with Crippen LogP contribution in [0.3, 0.4) is 0 Å². The average Bonchev–Trinajstić information content (AvgIpc) is 2.87. The minimum atomic E-state index is -4.20. The SMILES string of the molecule is COc1ccc(C2=C(C)C(=O)N(CC(=O)NCc3ccccc3F)S2(=O)=O)cc1. The van der Waals surface area contributed by atoms with Crippen molar-refractivity contribution in [3.8, 4) is 5.75 Å². The molecule has 9 heteroatoms. The summed E-state index contributed by atoms with van der Waals surface area (Å²) in [6.45, 7) is 0.592. The molecule has 0 aliphatic carbocycles. The predicted octanol–water partition coefficient (Wildman–Crippen LogP) is 2.05. The van der Waals surface area contributed by atoms with Crippen molar-refractivity contribution in [1.29, 1.82) is 0 Å². The normalized spacial score (nSPS) is 15.6. The third-order valence-corrected chi connectivity index (χ3v) is 6.44. The molecule has 0 saturated carbocycles. The van der Waals surface area contributed by atoms with Gasteiger partial charge in [0.1, 0.15) is 23.0 Å². The van der Waals surface area contributed by atoms with E-state index in [0.717, 1.165) is 0 Å². The first-order valence-electron chi connectivity index (χ1n) is 8.68. The molecule has 0 atom stereocenters. The Labute approximate surface area is 167 Å². The Morgan fingerprint density at radius 1 is 1.14 bits per heavy atom. The van der Waals surface area contributed by atoms with Gasteiger partial charge in [0, 0.05) is 17.7 Å². The second kappa shape index (κ2) is 8.04. The summed E-state index contributed by atoms with van der Waals surface area (Å²) < 4.78 is 45.0. The van der Waals surface area contributed by atoms with E-state index < -0.39 is 34.2 Å². The molecule has 1 heterocycles. The molecule has 3 rings (SSSR count). The Bertz CT molecular complexity index is 1090. The van der Waals surface area contributed by atoms with Gasteiger partial charge in [-0.25, -0.2) is 17.1 Å². The summed E-state index contributed by atoms with van der Waals surface area (Å²) >= 11 is 0. The standard InChI is InChI=1S/C20H19FN2O5S/c1-13-19(14-7-9-16(28-2)10-8-14)29(26,27)23(20(13)25)12-18(24)22-11-15-5-3-4-6-17(15)21/h3-10H,11-12H2,1-2H3,(H,22,24). The molecule has 0 unspecified atom stereocenters. The van der Waals surface area contributed by atoms with Crippen molar-refractivity contribution >= 4 is 26.7 Å². The molecular weight excluding hydrogens is 399 g/mol. The third-order valence-electron chi connectivity index (χ3n) is 4.51. The van der Waals surface area contributed by atoms with Crippen LogP contribution in [0.1, 0.15) is 18.1 Å². The summed E-state index contributed by atoms with van der Waals surface area (Å²) in [6, 6.07) is 12.1. The second-order valence-electron chi connectivity index (χ2n) is 6.37. The van der Waals surface area contributed by atoms with Crippen LogP contribution in [-0.4, -0.2) is 38.2 Å². The van der Waals surface area contributed by atoms with Crippen molar-refractivity contribution in [1.82, 2.24) is 9.62 Å². The first-order valence-corrected chi connectivity index (χ1v) is 10.1. The van der Waals surface area contributed by atoms with E-state index in [1.165, 1.54) is 44.4 Å². The first kappa shape index (κ1) is 20.5. The van der Waals surface area contributed by atoms with Gasteiger partial charge < -0.3 is 10.1 Å². The molecule has 0 spiro atoms. The molecule has 2 aromatic carbocycles. The molecule has 0 radical (unpaired) electrons. The molecule has 1 aliphatic heterocycles. The Balaban J connectivity index is 1.76. The monoisotopic (exact) mass is 418 g/mol. The van der Waals surface area contributed by atoms with Gasteiger partial charge in [-0.1, -0.05) is 18.2 Å². The molecule has 1 aliphatic rings. The Morgan fingerprint density at radius 3 is 2.41 bits per heavy atom. The average molecular weight is 418 g/mol. The van der Waals surface area contributed by atoms with Crippen LogP contribution < -0.4 is 10.1 Å². The van der Waals surface area contributed by atoms with E-state index in [1.54, 1.807) is 18.2 Å². The fraction of sp³-hybridized carbons (Fsp3) is 0.200. The number of nitrogens with one attached hydrogen (secondary N) is 1. The number of hydrogen-bond donors (Lipinski definition) is 1. The van der Waals surface area contributed by atoms with Crippen molar-refractivity contribution in [3.63, 3.8) is 0 Å². The number of rotatable bonds is 6. The van der Waals surface area contributed by atoms with Crippen LogP contribution in [-0.2, 0) is 26.2 Å². The topological polar surface area (TPSA) is 92.8 Å². The number of methoxy groups -OCH3 is 1. The minimum Gasteiger partial charge on any atom is -0.497 e. The zero-order valence-electron chi connectivity index (χ0n) is 15.8. The van der Waals surface area contributed by atoms with Crippen LogP contribution in [0.2, 0.25) is 0 Å². The molecule has 29 heavy (non-hydrogen) atoms. The Hall–Kier alpha value is -3.20. The summed E-state index contributed by atoms with van der Waals surface area (Å²) in [4.78, 5) is 24.6. The number of ether oxygens (including phenoxy) is 1. The van der Waals surface area contributed by atoms with E-state index in [4.69, 9.17) is 4.74 Å². The van der Waals surface area contributed by atoms with Crippen LogP contribution >= 0.6 is 0 Å². The van der Waals surface area contributed by atoms with Gasteiger partial charge in [0.15, 0.2) is 0 Å². The van der Waals surface area contributed by atoms with Gasteiger partial charge in [-0.3, -0.25) is 9.59 Å². The van der Waals surface area contributed by atoms with E-state index in [2.05, 4.69) is 5.32 Å². The summed E-state index contributed by atoms with van der Waals surface area (Å²) in [7, 11) is -2.71. The lowest BCUT2D eigenvalue weighted by atomic mass is 10.1. The second-order valence-corrected chi connectivity index (χ2v) is 8.17. The number of carbonyl (C=O) groups excluding carboxylic acids is 2. The van der Waals surface area contributed by atoms with Gasteiger partial charge >= 0.3 is 0 Å². The number of hydrogen-bond acceptors (Lipinski definition) is 5. The molecule has 2 amide bonds. The molecule has 0 fully saturated rings. The molecule has 152 valence electrons. The van der Waals surface area contributed by atoms with Crippen LogP contribution in [0.15, 0.2) is 54.1 Å². The largest absolute Gasteiger partial charge is 0.497 e. The van der Waals surface area contributed by atoms with E-state index >= 15 is 0 Å². The van der Waals surface area contributed by atoms with Crippen LogP contribution in [0.4, 0.5) is 4.39 Å². The Kier molecular flexibility index (Phi) is 5.69. The van der Waals surface area contributed by atoms with Crippen molar-refractivity contribution < 1.29 is 27.1 Å². The maximum Gasteiger partial charge on any atom is 0.268 e. The van der Waals surface area contributed by atoms with E-state index in [0.29, 0.717) is 15.6 Å². The van der Waals surface area contributed by atoms with Crippen molar-refractivity contribution in [3.05, 3.63) is 71.0 Å². The predicted molar refractivity (Wildman–Crippen MR) is 104 cm³/mol. The van der Waals surface area contributed by atoms with Crippen LogP contribution in [0.5, 0.6) is 5.75 Å². The molecule has 0 aromatic heterocycles. The van der Waals surface area contributed by atoms with Gasteiger partial charge in [0.2, 0.25) is 5.91 Å². The third kappa shape index (κ3) is 4.00.